The highest BCUT2D eigenvalue weighted by Gasteiger charge is 2.22. The fourth-order valence-electron chi connectivity index (χ4n) is 3.29. The monoisotopic (exact) mass is 348 g/mol. The number of anilines is 1. The number of aromatic nitrogens is 2. The van der Waals surface area contributed by atoms with E-state index in [1.165, 1.54) is 22.5 Å². The summed E-state index contributed by atoms with van der Waals surface area (Å²) >= 11 is 1.54. The molecule has 2 heterocycles. The molecule has 25 heavy (non-hydrogen) atoms. The number of fused-ring (bicyclic) bond motifs is 1. The van der Waals surface area contributed by atoms with Crippen LogP contribution < -0.4 is 10.9 Å². The fourth-order valence-corrected chi connectivity index (χ4v) is 4.06. The average molecular weight is 348 g/mol. The van der Waals surface area contributed by atoms with Crippen molar-refractivity contribution in [1.82, 2.24) is 9.97 Å². The number of H-pyrrole nitrogens is 1. The van der Waals surface area contributed by atoms with Gasteiger partial charge in [0.1, 0.15) is 11.6 Å². The van der Waals surface area contributed by atoms with Gasteiger partial charge < -0.3 is 10.3 Å². The van der Waals surface area contributed by atoms with Crippen LogP contribution in [0.3, 0.4) is 0 Å². The maximum atomic E-state index is 11.7. The van der Waals surface area contributed by atoms with Crippen molar-refractivity contribution in [2.24, 2.45) is 0 Å². The van der Waals surface area contributed by atoms with E-state index in [9.17, 15) is 4.79 Å². The van der Waals surface area contributed by atoms with Crippen LogP contribution in [0.25, 0.3) is 11.3 Å². The van der Waals surface area contributed by atoms with Crippen LogP contribution in [0.2, 0.25) is 0 Å². The smallest absolute Gasteiger partial charge is 0.266 e. The lowest BCUT2D eigenvalue weighted by Crippen LogP contribution is -2.12. The summed E-state index contributed by atoms with van der Waals surface area (Å²) in [7, 11) is 0. The second-order valence-electron chi connectivity index (χ2n) is 6.13. The standard InChI is InChI=1S/C19H16N4OS/c1-11-15(8-13(9-20)18(24)21-11)17-10-25-19(23-17)22-16-7-6-12-4-2-3-5-14(12)16/h2-5,8,10,16H,6-7H2,1H3,(H,21,24)(H,22,23). The molecule has 6 heteroatoms. The maximum Gasteiger partial charge on any atom is 0.266 e. The maximum absolute atomic E-state index is 11.7. The first kappa shape index (κ1) is 15.6. The Hall–Kier alpha value is -2.91. The second kappa shape index (κ2) is 6.19. The van der Waals surface area contributed by atoms with E-state index in [2.05, 4.69) is 39.6 Å². The Morgan fingerprint density at radius 1 is 1.40 bits per heavy atom. The number of nitrogens with one attached hydrogen (secondary N) is 2. The fraction of sp³-hybridized carbons (Fsp3) is 0.211. The van der Waals surface area contributed by atoms with Gasteiger partial charge in [-0.05, 0) is 37.0 Å². The predicted molar refractivity (Wildman–Crippen MR) is 98.7 cm³/mol. The van der Waals surface area contributed by atoms with Crippen molar-refractivity contribution in [2.45, 2.75) is 25.8 Å². The lowest BCUT2D eigenvalue weighted by molar-refractivity contribution is 0.761. The molecule has 4 rings (SSSR count). The minimum Gasteiger partial charge on any atom is -0.355 e. The highest BCUT2D eigenvalue weighted by molar-refractivity contribution is 7.14. The Kier molecular flexibility index (Phi) is 3.86. The summed E-state index contributed by atoms with van der Waals surface area (Å²) in [5, 5.41) is 15.4. The molecule has 1 unspecified atom stereocenters. The predicted octanol–water partition coefficient (Wildman–Crippen LogP) is 3.78. The van der Waals surface area contributed by atoms with Gasteiger partial charge in [-0.25, -0.2) is 4.98 Å². The molecule has 0 radical (unpaired) electrons. The van der Waals surface area contributed by atoms with Crippen LogP contribution in [0.5, 0.6) is 0 Å². The number of rotatable bonds is 3. The molecule has 0 amide bonds. The number of benzene rings is 1. The van der Waals surface area contributed by atoms with E-state index in [1.54, 1.807) is 6.07 Å². The zero-order valence-corrected chi connectivity index (χ0v) is 14.5. The quantitative estimate of drug-likeness (QED) is 0.755. The summed E-state index contributed by atoms with van der Waals surface area (Å²) in [5.41, 5.74) is 4.74. The van der Waals surface area contributed by atoms with Crippen LogP contribution in [-0.4, -0.2) is 9.97 Å². The van der Waals surface area contributed by atoms with Crippen LogP contribution >= 0.6 is 11.3 Å². The second-order valence-corrected chi connectivity index (χ2v) is 6.99. The zero-order chi connectivity index (χ0) is 17.4. The minimum absolute atomic E-state index is 0.104. The molecule has 0 saturated heterocycles. The first-order valence-electron chi connectivity index (χ1n) is 8.10. The average Bonchev–Trinajstić information content (AvgIpc) is 3.23. The van der Waals surface area contributed by atoms with Crippen molar-refractivity contribution in [3.8, 4) is 17.3 Å². The van der Waals surface area contributed by atoms with Crippen molar-refractivity contribution in [2.75, 3.05) is 5.32 Å². The molecule has 0 spiro atoms. The molecular weight excluding hydrogens is 332 g/mol. The van der Waals surface area contributed by atoms with E-state index < -0.39 is 0 Å². The molecule has 0 saturated carbocycles. The zero-order valence-electron chi connectivity index (χ0n) is 13.7. The van der Waals surface area contributed by atoms with Gasteiger partial charge in [0.25, 0.3) is 5.56 Å². The van der Waals surface area contributed by atoms with E-state index in [1.807, 2.05) is 18.4 Å². The van der Waals surface area contributed by atoms with Gasteiger partial charge in [-0.1, -0.05) is 24.3 Å². The highest BCUT2D eigenvalue weighted by Crippen LogP contribution is 2.35. The number of hydrogen-bond acceptors (Lipinski definition) is 5. The Balaban J connectivity index is 1.62. The molecule has 2 N–H and O–H groups in total. The van der Waals surface area contributed by atoms with Gasteiger partial charge in [0.2, 0.25) is 0 Å². The lowest BCUT2D eigenvalue weighted by Gasteiger charge is -2.12. The first-order chi connectivity index (χ1) is 12.2. The van der Waals surface area contributed by atoms with Gasteiger partial charge in [-0.15, -0.1) is 11.3 Å². The normalized spacial score (nSPS) is 15.6. The third kappa shape index (κ3) is 2.83. The third-order valence-electron chi connectivity index (χ3n) is 4.57. The SMILES string of the molecule is Cc1[nH]c(=O)c(C#N)cc1-c1csc(NC2CCc3ccccc32)n1. The van der Waals surface area contributed by atoms with Crippen LogP contribution in [0.1, 0.15) is 34.8 Å². The van der Waals surface area contributed by atoms with E-state index >= 15 is 0 Å². The number of hydrogen-bond donors (Lipinski definition) is 2. The van der Waals surface area contributed by atoms with Crippen molar-refractivity contribution in [3.63, 3.8) is 0 Å². The molecular formula is C19H16N4OS. The van der Waals surface area contributed by atoms with Gasteiger partial charge in [0.15, 0.2) is 5.13 Å². The van der Waals surface area contributed by atoms with Gasteiger partial charge in [0.05, 0.1) is 11.7 Å². The third-order valence-corrected chi connectivity index (χ3v) is 5.34. The van der Waals surface area contributed by atoms with Gasteiger partial charge in [-0.3, -0.25) is 4.79 Å². The molecule has 3 aromatic rings. The minimum atomic E-state index is -0.361. The Morgan fingerprint density at radius 2 is 2.24 bits per heavy atom. The molecule has 0 bridgehead atoms. The number of aromatic amines is 1. The van der Waals surface area contributed by atoms with Crippen LogP contribution in [-0.2, 0) is 6.42 Å². The Morgan fingerprint density at radius 3 is 3.08 bits per heavy atom. The molecule has 1 aliphatic carbocycles. The summed E-state index contributed by atoms with van der Waals surface area (Å²) in [6, 6.07) is 12.3. The number of nitriles is 1. The van der Waals surface area contributed by atoms with Crippen molar-refractivity contribution in [1.29, 1.82) is 5.26 Å². The van der Waals surface area contributed by atoms with Gasteiger partial charge in [-0.2, -0.15) is 5.26 Å². The summed E-state index contributed by atoms with van der Waals surface area (Å²) < 4.78 is 0. The molecule has 0 aliphatic heterocycles. The van der Waals surface area contributed by atoms with Gasteiger partial charge in [0, 0.05) is 16.6 Å². The van der Waals surface area contributed by atoms with Crippen molar-refractivity contribution in [3.05, 3.63) is 68.4 Å². The van der Waals surface area contributed by atoms with Gasteiger partial charge >= 0.3 is 0 Å². The van der Waals surface area contributed by atoms with Crippen molar-refractivity contribution >= 4 is 16.5 Å². The Labute approximate surface area is 149 Å². The highest BCUT2D eigenvalue weighted by atomic mass is 32.1. The molecule has 1 aromatic carbocycles. The summed E-state index contributed by atoms with van der Waals surface area (Å²) in [6.07, 6.45) is 2.14. The Bertz CT molecular complexity index is 1040. The largest absolute Gasteiger partial charge is 0.355 e. The summed E-state index contributed by atoms with van der Waals surface area (Å²) in [6.45, 7) is 1.82. The number of thiazole rings is 1. The van der Waals surface area contributed by atoms with E-state index in [4.69, 9.17) is 5.26 Å². The number of pyridine rings is 1. The summed E-state index contributed by atoms with van der Waals surface area (Å²) in [4.78, 5) is 19.1. The number of aryl methyl sites for hydroxylation is 2. The molecule has 0 fully saturated rings. The van der Waals surface area contributed by atoms with E-state index in [0.29, 0.717) is 5.69 Å². The lowest BCUT2D eigenvalue weighted by atomic mass is 10.1. The molecule has 1 aliphatic rings. The van der Waals surface area contributed by atoms with Crippen LogP contribution in [0.4, 0.5) is 5.13 Å². The molecule has 1 atom stereocenters. The molecule has 5 nitrogen and oxygen atoms in total. The van der Waals surface area contributed by atoms with Crippen LogP contribution in [0, 0.1) is 18.3 Å². The van der Waals surface area contributed by atoms with E-state index in [-0.39, 0.29) is 17.2 Å². The molecule has 2 aromatic heterocycles. The van der Waals surface area contributed by atoms with E-state index in [0.717, 1.165) is 29.2 Å². The topological polar surface area (TPSA) is 81.6 Å². The summed E-state index contributed by atoms with van der Waals surface area (Å²) in [5.74, 6) is 0. The first-order valence-corrected chi connectivity index (χ1v) is 8.98. The molecule has 124 valence electrons. The van der Waals surface area contributed by atoms with Crippen LogP contribution in [0.15, 0.2) is 40.5 Å². The van der Waals surface area contributed by atoms with Crippen molar-refractivity contribution < 1.29 is 0 Å². The number of nitrogens with zero attached hydrogens (tertiary/aromatic N) is 2.